The minimum absolute atomic E-state index is 0.137. The third-order valence-electron chi connectivity index (χ3n) is 6.56. The number of amidine groups is 1. The summed E-state index contributed by atoms with van der Waals surface area (Å²) >= 11 is 1.22. The monoisotopic (exact) mass is 608 g/mol. The van der Waals surface area contributed by atoms with E-state index in [1.54, 1.807) is 18.2 Å². The first-order valence-corrected chi connectivity index (χ1v) is 14.2. The molecule has 1 saturated heterocycles. The number of urea groups is 1. The second kappa shape index (κ2) is 11.9. The van der Waals surface area contributed by atoms with E-state index >= 15 is 0 Å². The smallest absolute Gasteiger partial charge is 0.406 e. The molecule has 3 aromatic carbocycles. The molecule has 5 rings (SSSR count). The van der Waals surface area contributed by atoms with Crippen LogP contribution in [-0.4, -0.2) is 44.0 Å². The molecule has 1 aromatic heterocycles. The van der Waals surface area contributed by atoms with Crippen molar-refractivity contribution in [3.8, 4) is 22.8 Å². The van der Waals surface area contributed by atoms with Gasteiger partial charge in [0.25, 0.3) is 0 Å². The lowest BCUT2D eigenvalue weighted by atomic mass is 9.99. The number of alkyl halides is 3. The predicted octanol–water partition coefficient (Wildman–Crippen LogP) is 7.24. The largest absolute Gasteiger partial charge is 0.573 e. The van der Waals surface area contributed by atoms with E-state index in [4.69, 9.17) is 0 Å². The number of hydrogen-bond donors (Lipinski definition) is 1. The Hall–Kier alpha value is -4.65. The van der Waals surface area contributed by atoms with Crippen LogP contribution in [0.15, 0.2) is 72.0 Å². The fourth-order valence-electron chi connectivity index (χ4n) is 4.51. The Bertz CT molecular complexity index is 1720. The molecule has 3 amide bonds. The molecular weight excluding hydrogens is 581 g/mol. The maximum Gasteiger partial charge on any atom is 0.573 e. The molecule has 0 radical (unpaired) electrons. The van der Waals surface area contributed by atoms with Gasteiger partial charge in [-0.05, 0) is 85.0 Å². The van der Waals surface area contributed by atoms with Gasteiger partial charge in [-0.15, -0.1) is 18.3 Å². The van der Waals surface area contributed by atoms with Crippen molar-refractivity contribution in [2.75, 3.05) is 16.0 Å². The first-order valence-electron chi connectivity index (χ1n) is 13.2. The quantitative estimate of drug-likeness (QED) is 0.248. The van der Waals surface area contributed by atoms with Gasteiger partial charge >= 0.3 is 12.4 Å². The molecule has 43 heavy (non-hydrogen) atoms. The first kappa shape index (κ1) is 29.8. The standard InChI is InChI=1S/C30H27F3N6O3S/c1-17(2)23-11-5-18(3)13-25(23)39-26(40)15-43-29(39)36-28(41)35-24-12-6-20(14-19(24)4)27-34-16-38(37-27)21-7-9-22(10-8-21)42-30(31,32)33/h5-14,16-17H,15H2,1-4H3,(H,35,41). The normalized spacial score (nSPS) is 14.6. The molecule has 13 heteroatoms. The summed E-state index contributed by atoms with van der Waals surface area (Å²) in [7, 11) is 0. The van der Waals surface area contributed by atoms with Gasteiger partial charge in [-0.2, -0.15) is 4.99 Å². The summed E-state index contributed by atoms with van der Waals surface area (Å²) in [5, 5.41) is 7.52. The second-order valence-electron chi connectivity index (χ2n) is 10.1. The fraction of sp³-hybridized carbons (Fsp3) is 0.233. The number of hydrogen-bond acceptors (Lipinski definition) is 6. The first-order chi connectivity index (χ1) is 20.4. The highest BCUT2D eigenvalue weighted by Gasteiger charge is 2.33. The minimum atomic E-state index is -4.77. The maximum absolute atomic E-state index is 13.0. The number of nitrogens with one attached hydrogen (secondary N) is 1. The summed E-state index contributed by atoms with van der Waals surface area (Å²) < 4.78 is 42.6. The molecule has 1 N–H and O–H groups in total. The Balaban J connectivity index is 1.31. The van der Waals surface area contributed by atoms with Crippen LogP contribution in [0.3, 0.4) is 0 Å². The van der Waals surface area contributed by atoms with Crippen LogP contribution in [0.2, 0.25) is 0 Å². The summed E-state index contributed by atoms with van der Waals surface area (Å²) in [5.74, 6) is 0.270. The van der Waals surface area contributed by atoms with Gasteiger partial charge in [-0.3, -0.25) is 9.69 Å². The number of halogens is 3. The molecule has 1 aliphatic heterocycles. The van der Waals surface area contributed by atoms with Crippen LogP contribution in [0, 0.1) is 13.8 Å². The third-order valence-corrected chi connectivity index (χ3v) is 7.49. The van der Waals surface area contributed by atoms with Gasteiger partial charge in [0.1, 0.15) is 12.1 Å². The molecule has 0 unspecified atom stereocenters. The topological polar surface area (TPSA) is 102 Å². The molecule has 1 aliphatic rings. The molecule has 222 valence electrons. The Morgan fingerprint density at radius 2 is 1.81 bits per heavy atom. The number of thioether (sulfide) groups is 1. The number of anilines is 2. The van der Waals surface area contributed by atoms with E-state index in [2.05, 4.69) is 25.1 Å². The van der Waals surface area contributed by atoms with Crippen LogP contribution < -0.4 is 15.0 Å². The van der Waals surface area contributed by atoms with Crippen LogP contribution >= 0.6 is 11.8 Å². The number of rotatable bonds is 6. The molecule has 1 fully saturated rings. The number of aliphatic imine (C=N–C) groups is 1. The van der Waals surface area contributed by atoms with Gasteiger partial charge in [0.2, 0.25) is 5.91 Å². The molecule has 0 spiro atoms. The molecule has 9 nitrogen and oxygen atoms in total. The van der Waals surface area contributed by atoms with Crippen LogP contribution in [0.4, 0.5) is 29.3 Å². The lowest BCUT2D eigenvalue weighted by Crippen LogP contribution is -2.31. The number of nitrogens with zero attached hydrogens (tertiary/aromatic N) is 5. The van der Waals surface area contributed by atoms with E-state index in [0.29, 0.717) is 27.9 Å². The van der Waals surface area contributed by atoms with Crippen LogP contribution in [-0.2, 0) is 4.79 Å². The summed E-state index contributed by atoms with van der Waals surface area (Å²) in [6.45, 7) is 7.86. The van der Waals surface area contributed by atoms with E-state index in [1.807, 2.05) is 45.9 Å². The van der Waals surface area contributed by atoms with Crippen molar-refractivity contribution >= 4 is 40.2 Å². The van der Waals surface area contributed by atoms with Gasteiger partial charge in [0, 0.05) is 11.3 Å². The summed E-state index contributed by atoms with van der Waals surface area (Å²) in [6, 6.07) is 15.8. The number of amides is 3. The molecule has 2 heterocycles. The zero-order chi connectivity index (χ0) is 30.9. The van der Waals surface area contributed by atoms with Crippen molar-refractivity contribution < 1.29 is 27.5 Å². The van der Waals surface area contributed by atoms with Crippen LogP contribution in [0.1, 0.15) is 36.5 Å². The SMILES string of the molecule is Cc1ccc(C(C)C)c(N2C(=O)CSC2=NC(=O)Nc2ccc(-c3ncn(-c4ccc(OC(F)(F)F)cc4)n3)cc2C)c1. The Morgan fingerprint density at radius 3 is 2.49 bits per heavy atom. The predicted molar refractivity (Wildman–Crippen MR) is 160 cm³/mol. The molecule has 0 aliphatic carbocycles. The zero-order valence-electron chi connectivity index (χ0n) is 23.6. The Morgan fingerprint density at radius 1 is 1.07 bits per heavy atom. The van der Waals surface area contributed by atoms with E-state index in [-0.39, 0.29) is 23.3 Å². The van der Waals surface area contributed by atoms with Crippen molar-refractivity contribution in [3.63, 3.8) is 0 Å². The molecule has 4 aromatic rings. The van der Waals surface area contributed by atoms with Gasteiger partial charge in [0.15, 0.2) is 11.0 Å². The number of carbonyl (C=O) groups is 2. The highest BCUT2D eigenvalue weighted by atomic mass is 32.2. The third kappa shape index (κ3) is 6.88. The van der Waals surface area contributed by atoms with E-state index in [0.717, 1.165) is 22.4 Å². The Kier molecular flexibility index (Phi) is 8.27. The number of benzene rings is 3. The van der Waals surface area contributed by atoms with E-state index < -0.39 is 12.4 Å². The molecule has 0 bridgehead atoms. The molecular formula is C30H27F3N6O3S. The van der Waals surface area contributed by atoms with Crippen molar-refractivity contribution in [3.05, 3.63) is 83.7 Å². The number of aromatic nitrogens is 3. The molecule has 0 atom stereocenters. The van der Waals surface area contributed by atoms with Crippen molar-refractivity contribution in [1.82, 2.24) is 14.8 Å². The number of ether oxygens (including phenoxy) is 1. The maximum atomic E-state index is 13.0. The van der Waals surface area contributed by atoms with Crippen LogP contribution in [0.25, 0.3) is 17.1 Å². The van der Waals surface area contributed by atoms with Crippen molar-refractivity contribution in [2.24, 2.45) is 4.99 Å². The lowest BCUT2D eigenvalue weighted by molar-refractivity contribution is -0.274. The zero-order valence-corrected chi connectivity index (χ0v) is 24.5. The molecule has 0 saturated carbocycles. The highest BCUT2D eigenvalue weighted by molar-refractivity contribution is 8.15. The average Bonchev–Trinajstić information content (AvgIpc) is 3.56. The number of carbonyl (C=O) groups excluding carboxylic acids is 2. The van der Waals surface area contributed by atoms with Gasteiger partial charge in [-0.25, -0.2) is 14.5 Å². The summed E-state index contributed by atoms with van der Waals surface area (Å²) in [5.41, 5.74) is 5.13. The summed E-state index contributed by atoms with van der Waals surface area (Å²) in [4.78, 5) is 35.8. The Labute approximate surface area is 249 Å². The lowest BCUT2D eigenvalue weighted by Gasteiger charge is -2.22. The second-order valence-corrected chi connectivity index (χ2v) is 11.1. The van der Waals surface area contributed by atoms with Crippen molar-refractivity contribution in [1.29, 1.82) is 0 Å². The van der Waals surface area contributed by atoms with Crippen LogP contribution in [0.5, 0.6) is 5.75 Å². The highest BCUT2D eigenvalue weighted by Crippen LogP contribution is 2.34. The number of aryl methyl sites for hydroxylation is 2. The van der Waals surface area contributed by atoms with E-state index in [9.17, 15) is 22.8 Å². The summed E-state index contributed by atoms with van der Waals surface area (Å²) in [6.07, 6.45) is -3.33. The van der Waals surface area contributed by atoms with E-state index in [1.165, 1.54) is 51.9 Å². The van der Waals surface area contributed by atoms with Gasteiger partial charge < -0.3 is 10.1 Å². The fourth-order valence-corrected chi connectivity index (χ4v) is 5.37. The van der Waals surface area contributed by atoms with Gasteiger partial charge in [0.05, 0.1) is 17.1 Å². The minimum Gasteiger partial charge on any atom is -0.406 e. The average molecular weight is 609 g/mol. The van der Waals surface area contributed by atoms with Gasteiger partial charge in [-0.1, -0.05) is 37.7 Å². The van der Waals surface area contributed by atoms with Crippen molar-refractivity contribution in [2.45, 2.75) is 40.0 Å².